The van der Waals surface area contributed by atoms with Gasteiger partial charge < -0.3 is 0 Å². The third-order valence-corrected chi connectivity index (χ3v) is 1.65. The zero-order chi connectivity index (χ0) is 8.10. The van der Waals surface area contributed by atoms with Gasteiger partial charge in [0, 0.05) is 0 Å². The largest absolute Gasteiger partial charge is 0.159 e. The van der Waals surface area contributed by atoms with E-state index in [0.717, 1.165) is 12.1 Å². The number of rotatable bonds is 3. The first-order chi connectivity index (χ1) is 5.33. The summed E-state index contributed by atoms with van der Waals surface area (Å²) in [5.41, 5.74) is 2.32. The standard InChI is InChI=1S/C9H14N2/c1-3-4-5-9-6-8(2)11-10-7-9/h6-7H,3-5H2,1-2H3. The van der Waals surface area contributed by atoms with Crippen molar-refractivity contribution < 1.29 is 0 Å². The number of unbranched alkanes of at least 4 members (excludes halogenated alkanes) is 1. The molecule has 1 aromatic heterocycles. The second-order valence-corrected chi connectivity index (χ2v) is 2.81. The van der Waals surface area contributed by atoms with Crippen molar-refractivity contribution in [2.75, 3.05) is 0 Å². The Morgan fingerprint density at radius 2 is 2.27 bits per heavy atom. The Labute approximate surface area is 67.7 Å². The van der Waals surface area contributed by atoms with Gasteiger partial charge in [-0.2, -0.15) is 10.2 Å². The molecule has 11 heavy (non-hydrogen) atoms. The SMILES string of the molecule is CCCCc1cnnc(C)c1. The van der Waals surface area contributed by atoms with Crippen LogP contribution < -0.4 is 0 Å². The van der Waals surface area contributed by atoms with Gasteiger partial charge in [0.15, 0.2) is 0 Å². The lowest BCUT2D eigenvalue weighted by molar-refractivity contribution is 0.784. The maximum atomic E-state index is 3.90. The van der Waals surface area contributed by atoms with Crippen LogP contribution in [0.3, 0.4) is 0 Å². The highest BCUT2D eigenvalue weighted by Gasteiger charge is 1.92. The molecule has 0 fully saturated rings. The summed E-state index contributed by atoms with van der Waals surface area (Å²) in [6.45, 7) is 4.17. The second-order valence-electron chi connectivity index (χ2n) is 2.81. The van der Waals surface area contributed by atoms with Crippen LogP contribution in [0.1, 0.15) is 31.0 Å². The molecule has 0 saturated heterocycles. The third-order valence-electron chi connectivity index (χ3n) is 1.65. The van der Waals surface area contributed by atoms with Crippen molar-refractivity contribution in [1.29, 1.82) is 0 Å². The molecular formula is C9H14N2. The van der Waals surface area contributed by atoms with Crippen LogP contribution in [0, 0.1) is 6.92 Å². The number of hydrogen-bond donors (Lipinski definition) is 0. The molecule has 2 heteroatoms. The lowest BCUT2D eigenvalue weighted by Gasteiger charge is -1.97. The Bertz CT molecular complexity index is 221. The molecule has 0 aromatic carbocycles. The summed E-state index contributed by atoms with van der Waals surface area (Å²) >= 11 is 0. The first-order valence-electron chi connectivity index (χ1n) is 4.11. The van der Waals surface area contributed by atoms with Crippen LogP contribution in [-0.2, 0) is 6.42 Å². The summed E-state index contributed by atoms with van der Waals surface area (Å²) in [7, 11) is 0. The van der Waals surface area contributed by atoms with Gasteiger partial charge in [0.25, 0.3) is 0 Å². The van der Waals surface area contributed by atoms with E-state index in [0.29, 0.717) is 0 Å². The molecule has 1 aromatic rings. The Morgan fingerprint density at radius 1 is 1.45 bits per heavy atom. The molecule has 0 aliphatic heterocycles. The first kappa shape index (κ1) is 8.18. The van der Waals surface area contributed by atoms with Gasteiger partial charge in [-0.1, -0.05) is 13.3 Å². The molecule has 0 saturated carbocycles. The number of nitrogens with zero attached hydrogens (tertiary/aromatic N) is 2. The van der Waals surface area contributed by atoms with Crippen molar-refractivity contribution in [2.45, 2.75) is 33.1 Å². The van der Waals surface area contributed by atoms with Crippen LogP contribution in [0.25, 0.3) is 0 Å². The summed E-state index contributed by atoms with van der Waals surface area (Å²) in [5.74, 6) is 0. The number of hydrogen-bond acceptors (Lipinski definition) is 2. The molecule has 0 atom stereocenters. The van der Waals surface area contributed by atoms with Crippen molar-refractivity contribution in [3.8, 4) is 0 Å². The van der Waals surface area contributed by atoms with Crippen LogP contribution in [0.2, 0.25) is 0 Å². The molecule has 0 bridgehead atoms. The molecular weight excluding hydrogens is 136 g/mol. The lowest BCUT2D eigenvalue weighted by atomic mass is 10.1. The number of aromatic nitrogens is 2. The number of aryl methyl sites for hydroxylation is 2. The van der Waals surface area contributed by atoms with E-state index >= 15 is 0 Å². The van der Waals surface area contributed by atoms with Gasteiger partial charge in [-0.3, -0.25) is 0 Å². The first-order valence-corrected chi connectivity index (χ1v) is 4.11. The van der Waals surface area contributed by atoms with Crippen molar-refractivity contribution in [1.82, 2.24) is 10.2 Å². The van der Waals surface area contributed by atoms with Gasteiger partial charge in [0.1, 0.15) is 0 Å². The van der Waals surface area contributed by atoms with E-state index in [9.17, 15) is 0 Å². The molecule has 0 radical (unpaired) electrons. The van der Waals surface area contributed by atoms with Gasteiger partial charge in [-0.15, -0.1) is 0 Å². The minimum absolute atomic E-state index is 1.01. The maximum Gasteiger partial charge on any atom is 0.0602 e. The van der Waals surface area contributed by atoms with Crippen LogP contribution >= 0.6 is 0 Å². The molecule has 0 N–H and O–H groups in total. The van der Waals surface area contributed by atoms with E-state index in [1.165, 1.54) is 18.4 Å². The Balaban J connectivity index is 2.56. The summed E-state index contributed by atoms with van der Waals surface area (Å²) < 4.78 is 0. The molecule has 2 nitrogen and oxygen atoms in total. The average Bonchev–Trinajstić information content (AvgIpc) is 2.01. The smallest absolute Gasteiger partial charge is 0.0602 e. The molecule has 1 rings (SSSR count). The van der Waals surface area contributed by atoms with Gasteiger partial charge in [-0.05, 0) is 31.4 Å². The van der Waals surface area contributed by atoms with Crippen LogP contribution in [0.15, 0.2) is 12.3 Å². The highest BCUT2D eigenvalue weighted by molar-refractivity contribution is 5.11. The fourth-order valence-corrected chi connectivity index (χ4v) is 1.05. The quantitative estimate of drug-likeness (QED) is 0.659. The average molecular weight is 150 g/mol. The Kier molecular flexibility index (Phi) is 3.02. The minimum Gasteiger partial charge on any atom is -0.159 e. The van der Waals surface area contributed by atoms with E-state index < -0.39 is 0 Å². The zero-order valence-corrected chi connectivity index (χ0v) is 7.17. The molecule has 0 unspecified atom stereocenters. The van der Waals surface area contributed by atoms with E-state index in [-0.39, 0.29) is 0 Å². The van der Waals surface area contributed by atoms with Gasteiger partial charge in [0.05, 0.1) is 11.9 Å². The van der Waals surface area contributed by atoms with Gasteiger partial charge in [0.2, 0.25) is 0 Å². The summed E-state index contributed by atoms with van der Waals surface area (Å²) in [5, 5.41) is 7.79. The van der Waals surface area contributed by atoms with Gasteiger partial charge >= 0.3 is 0 Å². The monoisotopic (exact) mass is 150 g/mol. The van der Waals surface area contributed by atoms with E-state index in [1.54, 1.807) is 0 Å². The summed E-state index contributed by atoms with van der Waals surface area (Å²) in [4.78, 5) is 0. The highest BCUT2D eigenvalue weighted by atomic mass is 15.1. The van der Waals surface area contributed by atoms with Crippen LogP contribution in [0.5, 0.6) is 0 Å². The van der Waals surface area contributed by atoms with E-state index in [4.69, 9.17) is 0 Å². The van der Waals surface area contributed by atoms with Crippen molar-refractivity contribution in [2.24, 2.45) is 0 Å². The van der Waals surface area contributed by atoms with Gasteiger partial charge in [-0.25, -0.2) is 0 Å². The maximum absolute atomic E-state index is 3.90. The third kappa shape index (κ3) is 2.66. The predicted molar refractivity (Wildman–Crippen MR) is 45.4 cm³/mol. The van der Waals surface area contributed by atoms with Crippen molar-refractivity contribution in [3.05, 3.63) is 23.5 Å². The van der Waals surface area contributed by atoms with E-state index in [2.05, 4.69) is 23.2 Å². The summed E-state index contributed by atoms with van der Waals surface area (Å²) in [6, 6.07) is 2.10. The molecule has 0 spiro atoms. The predicted octanol–water partition coefficient (Wildman–Crippen LogP) is 2.13. The minimum atomic E-state index is 1.01. The molecule has 0 aliphatic carbocycles. The fraction of sp³-hybridized carbons (Fsp3) is 0.556. The van der Waals surface area contributed by atoms with E-state index in [1.807, 2.05) is 13.1 Å². The van der Waals surface area contributed by atoms with Crippen LogP contribution in [0.4, 0.5) is 0 Å². The molecule has 1 heterocycles. The molecule has 60 valence electrons. The normalized spacial score (nSPS) is 10.0. The topological polar surface area (TPSA) is 25.8 Å². The molecule has 0 amide bonds. The fourth-order valence-electron chi connectivity index (χ4n) is 1.05. The highest BCUT2D eigenvalue weighted by Crippen LogP contribution is 2.03. The van der Waals surface area contributed by atoms with Crippen molar-refractivity contribution >= 4 is 0 Å². The van der Waals surface area contributed by atoms with Crippen molar-refractivity contribution in [3.63, 3.8) is 0 Å². The molecule has 0 aliphatic rings. The Hall–Kier alpha value is -0.920. The summed E-state index contributed by atoms with van der Waals surface area (Å²) in [6.07, 6.45) is 5.46. The Morgan fingerprint density at radius 3 is 2.91 bits per heavy atom. The second kappa shape index (κ2) is 4.06. The lowest BCUT2D eigenvalue weighted by Crippen LogP contribution is -1.91. The zero-order valence-electron chi connectivity index (χ0n) is 7.17. The van der Waals surface area contributed by atoms with Crippen LogP contribution in [-0.4, -0.2) is 10.2 Å².